The monoisotopic (exact) mass is 339 g/mol. The van der Waals surface area contributed by atoms with Crippen molar-refractivity contribution in [2.24, 2.45) is 7.05 Å². The van der Waals surface area contributed by atoms with E-state index in [1.165, 1.54) is 9.56 Å². The lowest BCUT2D eigenvalue weighted by molar-refractivity contribution is 0.102. The van der Waals surface area contributed by atoms with Crippen LogP contribution in [0, 0.1) is 6.92 Å². The van der Waals surface area contributed by atoms with Crippen molar-refractivity contribution < 1.29 is 4.79 Å². The second-order valence-electron chi connectivity index (χ2n) is 5.34. The molecule has 0 aliphatic carbocycles. The summed E-state index contributed by atoms with van der Waals surface area (Å²) < 4.78 is 1.50. The number of aryl methyl sites for hydroxylation is 2. The van der Waals surface area contributed by atoms with Crippen molar-refractivity contribution in [3.05, 3.63) is 27.0 Å². The summed E-state index contributed by atoms with van der Waals surface area (Å²) >= 11 is 7.67. The van der Waals surface area contributed by atoms with Gasteiger partial charge in [0.2, 0.25) is 0 Å². The number of anilines is 1. The molecule has 0 atom stereocenters. The van der Waals surface area contributed by atoms with Gasteiger partial charge in [0.15, 0.2) is 5.13 Å². The van der Waals surface area contributed by atoms with Crippen molar-refractivity contribution in [2.45, 2.75) is 26.8 Å². The van der Waals surface area contributed by atoms with E-state index in [9.17, 15) is 4.79 Å². The molecule has 6 nitrogen and oxygen atoms in total. The quantitative estimate of drug-likeness (QED) is 0.933. The second-order valence-corrected chi connectivity index (χ2v) is 6.78. The van der Waals surface area contributed by atoms with Gasteiger partial charge in [-0.2, -0.15) is 5.10 Å². The summed E-state index contributed by atoms with van der Waals surface area (Å²) in [5, 5.41) is 7.99. The van der Waals surface area contributed by atoms with Gasteiger partial charge in [0.05, 0.1) is 17.0 Å². The largest absolute Gasteiger partial charge is 0.298 e. The first-order valence-corrected chi connectivity index (χ1v) is 8.40. The van der Waals surface area contributed by atoms with Crippen LogP contribution < -0.4 is 5.32 Å². The van der Waals surface area contributed by atoms with Crippen LogP contribution in [0.2, 0.25) is 5.15 Å². The lowest BCUT2D eigenvalue weighted by Crippen LogP contribution is -2.29. The molecule has 0 fully saturated rings. The first-order chi connectivity index (χ1) is 10.5. The highest BCUT2D eigenvalue weighted by atomic mass is 35.5. The van der Waals surface area contributed by atoms with E-state index >= 15 is 0 Å². The number of nitrogens with one attached hydrogen (secondary N) is 1. The average Bonchev–Trinajstić information content (AvgIpc) is 2.98. The highest BCUT2D eigenvalue weighted by molar-refractivity contribution is 7.15. The van der Waals surface area contributed by atoms with E-state index in [1.807, 2.05) is 0 Å². The fraction of sp³-hybridized carbons (Fsp3) is 0.500. The molecule has 1 aliphatic rings. The Hall–Kier alpha value is -1.44. The molecule has 0 spiro atoms. The van der Waals surface area contributed by atoms with Crippen molar-refractivity contribution in [3.8, 4) is 0 Å². The Balaban J connectivity index is 1.79. The number of halogens is 1. The SMILES string of the molecule is CCN1CCc2nc(NC(=O)c3c(C)nn(C)c3Cl)sc2C1. The average molecular weight is 340 g/mol. The summed E-state index contributed by atoms with van der Waals surface area (Å²) in [6, 6.07) is 0. The Labute approximate surface area is 138 Å². The number of aromatic nitrogens is 3. The highest BCUT2D eigenvalue weighted by Gasteiger charge is 2.23. The van der Waals surface area contributed by atoms with Gasteiger partial charge in [-0.15, -0.1) is 11.3 Å². The normalized spacial score (nSPS) is 14.9. The summed E-state index contributed by atoms with van der Waals surface area (Å²) in [6.45, 7) is 6.89. The third-order valence-corrected chi connectivity index (χ3v) is 5.29. The molecule has 8 heteroatoms. The molecule has 118 valence electrons. The fourth-order valence-electron chi connectivity index (χ4n) is 2.62. The second kappa shape index (κ2) is 5.98. The Morgan fingerprint density at radius 1 is 1.50 bits per heavy atom. The van der Waals surface area contributed by atoms with Crippen molar-refractivity contribution in [3.63, 3.8) is 0 Å². The number of hydrogen-bond donors (Lipinski definition) is 1. The van der Waals surface area contributed by atoms with Gasteiger partial charge in [0.1, 0.15) is 5.15 Å². The van der Waals surface area contributed by atoms with Gasteiger partial charge in [-0.25, -0.2) is 4.98 Å². The van der Waals surface area contributed by atoms with Gasteiger partial charge in [-0.05, 0) is 13.5 Å². The van der Waals surface area contributed by atoms with Crippen LogP contribution in [0.25, 0.3) is 0 Å². The summed E-state index contributed by atoms with van der Waals surface area (Å²) in [6.07, 6.45) is 0.933. The van der Waals surface area contributed by atoms with Crippen LogP contribution >= 0.6 is 22.9 Å². The van der Waals surface area contributed by atoms with Crippen LogP contribution in [-0.2, 0) is 20.0 Å². The molecule has 2 aromatic rings. The Bertz CT molecular complexity index is 723. The predicted octanol–water partition coefficient (Wildman–Crippen LogP) is 2.47. The molecule has 1 aliphatic heterocycles. The van der Waals surface area contributed by atoms with E-state index in [0.717, 1.165) is 31.7 Å². The maximum Gasteiger partial charge on any atom is 0.262 e. The topological polar surface area (TPSA) is 63.1 Å². The zero-order valence-electron chi connectivity index (χ0n) is 12.8. The van der Waals surface area contributed by atoms with Crippen LogP contribution in [-0.4, -0.2) is 38.7 Å². The molecular formula is C14H18ClN5OS. The number of hydrogen-bond acceptors (Lipinski definition) is 5. The van der Waals surface area contributed by atoms with E-state index in [4.69, 9.17) is 11.6 Å². The summed E-state index contributed by atoms with van der Waals surface area (Å²) in [4.78, 5) is 20.6. The van der Waals surface area contributed by atoms with Gasteiger partial charge in [0.25, 0.3) is 5.91 Å². The minimum atomic E-state index is -0.256. The van der Waals surface area contributed by atoms with E-state index in [2.05, 4.69) is 27.2 Å². The van der Waals surface area contributed by atoms with Gasteiger partial charge in [0, 0.05) is 31.4 Å². The molecule has 0 saturated heterocycles. The van der Waals surface area contributed by atoms with Crippen LogP contribution in [0.15, 0.2) is 0 Å². The standard InChI is InChI=1S/C14H18ClN5OS/c1-4-20-6-5-9-10(7-20)22-14(16-9)17-13(21)11-8(2)18-19(3)12(11)15/h4-7H2,1-3H3,(H,16,17,21). The molecule has 3 rings (SSSR count). The van der Waals surface area contributed by atoms with Crippen LogP contribution in [0.5, 0.6) is 0 Å². The summed E-state index contributed by atoms with van der Waals surface area (Å²) in [5.41, 5.74) is 2.12. The summed E-state index contributed by atoms with van der Waals surface area (Å²) in [7, 11) is 1.72. The number of carbonyl (C=O) groups is 1. The van der Waals surface area contributed by atoms with E-state index in [0.29, 0.717) is 21.5 Å². The molecule has 0 aromatic carbocycles. The van der Waals surface area contributed by atoms with Gasteiger partial charge in [-0.1, -0.05) is 18.5 Å². The van der Waals surface area contributed by atoms with Gasteiger partial charge in [-0.3, -0.25) is 19.7 Å². The molecular weight excluding hydrogens is 322 g/mol. The maximum atomic E-state index is 12.4. The molecule has 0 saturated carbocycles. The molecule has 1 N–H and O–H groups in total. The van der Waals surface area contributed by atoms with Crippen molar-refractivity contribution >= 4 is 34.0 Å². The highest BCUT2D eigenvalue weighted by Crippen LogP contribution is 2.29. The lowest BCUT2D eigenvalue weighted by atomic mass is 10.2. The molecule has 1 amide bonds. The number of carbonyl (C=O) groups excluding carboxylic acids is 1. The Kier molecular flexibility index (Phi) is 4.20. The third kappa shape index (κ3) is 2.76. The van der Waals surface area contributed by atoms with Crippen molar-refractivity contribution in [1.82, 2.24) is 19.7 Å². The predicted molar refractivity (Wildman–Crippen MR) is 87.7 cm³/mol. The number of fused-ring (bicyclic) bond motifs is 1. The Morgan fingerprint density at radius 3 is 2.91 bits per heavy atom. The fourth-order valence-corrected chi connectivity index (χ4v) is 3.93. The third-order valence-electron chi connectivity index (χ3n) is 3.86. The molecule has 2 aromatic heterocycles. The van der Waals surface area contributed by atoms with Crippen LogP contribution in [0.4, 0.5) is 5.13 Å². The smallest absolute Gasteiger partial charge is 0.262 e. The van der Waals surface area contributed by atoms with Gasteiger partial charge >= 0.3 is 0 Å². The first-order valence-electron chi connectivity index (χ1n) is 7.21. The number of nitrogens with zero attached hydrogens (tertiary/aromatic N) is 4. The van der Waals surface area contributed by atoms with Crippen molar-refractivity contribution in [2.75, 3.05) is 18.4 Å². The molecule has 0 unspecified atom stereocenters. The molecule has 0 radical (unpaired) electrons. The minimum absolute atomic E-state index is 0.256. The minimum Gasteiger partial charge on any atom is -0.298 e. The zero-order chi connectivity index (χ0) is 15.9. The lowest BCUT2D eigenvalue weighted by Gasteiger charge is -2.23. The van der Waals surface area contributed by atoms with E-state index in [-0.39, 0.29) is 5.91 Å². The molecule has 0 bridgehead atoms. The number of thiazole rings is 1. The zero-order valence-corrected chi connectivity index (χ0v) is 14.4. The Morgan fingerprint density at radius 2 is 2.27 bits per heavy atom. The van der Waals surface area contributed by atoms with Gasteiger partial charge < -0.3 is 0 Å². The van der Waals surface area contributed by atoms with E-state index < -0.39 is 0 Å². The molecule has 3 heterocycles. The number of rotatable bonds is 3. The van der Waals surface area contributed by atoms with E-state index in [1.54, 1.807) is 25.3 Å². The van der Waals surface area contributed by atoms with Crippen molar-refractivity contribution in [1.29, 1.82) is 0 Å². The maximum absolute atomic E-state index is 12.4. The number of likely N-dealkylation sites (N-methyl/N-ethyl adjacent to an activating group) is 1. The van der Waals surface area contributed by atoms with Crippen LogP contribution in [0.3, 0.4) is 0 Å². The number of amides is 1. The van der Waals surface area contributed by atoms with Crippen LogP contribution in [0.1, 0.15) is 33.5 Å². The summed E-state index contributed by atoms with van der Waals surface area (Å²) in [5.74, 6) is -0.256. The first kappa shape index (κ1) is 15.5. The molecule has 22 heavy (non-hydrogen) atoms.